The van der Waals surface area contributed by atoms with Crippen LogP contribution in [0.5, 0.6) is 5.75 Å². The standard InChI is InChI=1S/C16H17ClFNO/c1-20-16-7-6-14(18)9-15(16)12(10-19)8-11-2-4-13(17)5-3-11/h2-7,9,12H,8,10,19H2,1H3. The third-order valence-corrected chi connectivity index (χ3v) is 3.56. The molecule has 0 spiro atoms. The monoisotopic (exact) mass is 293 g/mol. The summed E-state index contributed by atoms with van der Waals surface area (Å²) in [6.07, 6.45) is 0.716. The van der Waals surface area contributed by atoms with Crippen molar-refractivity contribution in [3.63, 3.8) is 0 Å². The Kier molecular flexibility index (Phi) is 4.99. The molecule has 1 unspecified atom stereocenters. The molecule has 0 saturated carbocycles. The molecule has 2 nitrogen and oxygen atoms in total. The first-order valence-electron chi connectivity index (χ1n) is 6.42. The van der Waals surface area contributed by atoms with Crippen LogP contribution in [0.1, 0.15) is 17.0 Å². The third kappa shape index (κ3) is 3.50. The summed E-state index contributed by atoms with van der Waals surface area (Å²) < 4.78 is 18.8. The number of nitrogens with two attached hydrogens (primary N) is 1. The molecule has 20 heavy (non-hydrogen) atoms. The Bertz CT molecular complexity index is 571. The molecule has 0 aromatic heterocycles. The van der Waals surface area contributed by atoms with Crippen molar-refractivity contribution in [2.24, 2.45) is 5.73 Å². The summed E-state index contributed by atoms with van der Waals surface area (Å²) in [5.41, 5.74) is 7.76. The van der Waals surface area contributed by atoms with Crippen LogP contribution in [-0.4, -0.2) is 13.7 Å². The highest BCUT2D eigenvalue weighted by Gasteiger charge is 2.16. The summed E-state index contributed by atoms with van der Waals surface area (Å²) in [6, 6.07) is 12.1. The molecule has 0 bridgehead atoms. The van der Waals surface area contributed by atoms with Crippen LogP contribution in [0.25, 0.3) is 0 Å². The second-order valence-corrected chi connectivity index (χ2v) is 5.09. The van der Waals surface area contributed by atoms with Gasteiger partial charge in [-0.15, -0.1) is 0 Å². The third-order valence-electron chi connectivity index (χ3n) is 3.31. The van der Waals surface area contributed by atoms with E-state index in [0.717, 1.165) is 11.1 Å². The highest BCUT2D eigenvalue weighted by molar-refractivity contribution is 6.30. The van der Waals surface area contributed by atoms with Gasteiger partial charge >= 0.3 is 0 Å². The Hall–Kier alpha value is -1.58. The van der Waals surface area contributed by atoms with Crippen molar-refractivity contribution in [1.29, 1.82) is 0 Å². The van der Waals surface area contributed by atoms with E-state index < -0.39 is 0 Å². The topological polar surface area (TPSA) is 35.2 Å². The quantitative estimate of drug-likeness (QED) is 0.911. The van der Waals surface area contributed by atoms with Crippen molar-refractivity contribution >= 4 is 11.6 Å². The maximum atomic E-state index is 13.5. The minimum Gasteiger partial charge on any atom is -0.496 e. The molecule has 0 radical (unpaired) electrons. The zero-order chi connectivity index (χ0) is 14.5. The molecular weight excluding hydrogens is 277 g/mol. The van der Waals surface area contributed by atoms with Gasteiger partial charge < -0.3 is 10.5 Å². The van der Waals surface area contributed by atoms with E-state index in [1.165, 1.54) is 12.1 Å². The summed E-state index contributed by atoms with van der Waals surface area (Å²) >= 11 is 5.87. The average Bonchev–Trinajstić information content (AvgIpc) is 2.46. The highest BCUT2D eigenvalue weighted by atomic mass is 35.5. The Morgan fingerprint density at radius 3 is 2.50 bits per heavy atom. The molecule has 0 aliphatic heterocycles. The lowest BCUT2D eigenvalue weighted by atomic mass is 9.91. The zero-order valence-electron chi connectivity index (χ0n) is 11.3. The lowest BCUT2D eigenvalue weighted by molar-refractivity contribution is 0.403. The number of methoxy groups -OCH3 is 1. The van der Waals surface area contributed by atoms with E-state index in [-0.39, 0.29) is 11.7 Å². The van der Waals surface area contributed by atoms with Gasteiger partial charge in [-0.05, 0) is 48.9 Å². The van der Waals surface area contributed by atoms with Crippen LogP contribution in [0.2, 0.25) is 5.02 Å². The predicted molar refractivity (Wildman–Crippen MR) is 79.9 cm³/mol. The lowest BCUT2D eigenvalue weighted by Gasteiger charge is -2.18. The molecule has 1 atom stereocenters. The van der Waals surface area contributed by atoms with E-state index in [9.17, 15) is 4.39 Å². The predicted octanol–water partition coefficient (Wildman–Crippen LogP) is 3.77. The first-order valence-corrected chi connectivity index (χ1v) is 6.79. The molecule has 2 rings (SSSR count). The molecule has 2 aromatic rings. The molecular formula is C16H17ClFNO. The molecule has 106 valence electrons. The van der Waals surface area contributed by atoms with Crippen LogP contribution < -0.4 is 10.5 Å². The van der Waals surface area contributed by atoms with Crippen molar-refractivity contribution in [3.05, 3.63) is 64.4 Å². The number of halogens is 2. The van der Waals surface area contributed by atoms with Crippen LogP contribution >= 0.6 is 11.6 Å². The van der Waals surface area contributed by atoms with Gasteiger partial charge in [0.2, 0.25) is 0 Å². The normalized spacial score (nSPS) is 12.2. The minimum absolute atomic E-state index is 0.00169. The van der Waals surface area contributed by atoms with Crippen molar-refractivity contribution in [1.82, 2.24) is 0 Å². The Morgan fingerprint density at radius 1 is 1.20 bits per heavy atom. The van der Waals surface area contributed by atoms with Crippen LogP contribution in [0.3, 0.4) is 0 Å². The fraction of sp³-hybridized carbons (Fsp3) is 0.250. The zero-order valence-corrected chi connectivity index (χ0v) is 12.0. The van der Waals surface area contributed by atoms with Gasteiger partial charge in [0.25, 0.3) is 0 Å². The number of ether oxygens (including phenoxy) is 1. The summed E-state index contributed by atoms with van der Waals surface area (Å²) in [5, 5.41) is 0.696. The Morgan fingerprint density at radius 2 is 1.90 bits per heavy atom. The number of rotatable bonds is 5. The van der Waals surface area contributed by atoms with Crippen LogP contribution in [0.15, 0.2) is 42.5 Å². The Labute approximate surface area is 123 Å². The second kappa shape index (κ2) is 6.73. The largest absolute Gasteiger partial charge is 0.496 e. The van der Waals surface area contributed by atoms with Gasteiger partial charge in [0.1, 0.15) is 11.6 Å². The first-order chi connectivity index (χ1) is 9.63. The highest BCUT2D eigenvalue weighted by Crippen LogP contribution is 2.29. The molecule has 0 aliphatic carbocycles. The minimum atomic E-state index is -0.282. The van der Waals surface area contributed by atoms with Crippen molar-refractivity contribution in [3.8, 4) is 5.75 Å². The molecule has 2 N–H and O–H groups in total. The van der Waals surface area contributed by atoms with Crippen LogP contribution in [0.4, 0.5) is 4.39 Å². The summed E-state index contributed by atoms with van der Waals surface area (Å²) in [6.45, 7) is 0.419. The Balaban J connectivity index is 2.28. The van der Waals surface area contributed by atoms with E-state index >= 15 is 0 Å². The summed E-state index contributed by atoms with van der Waals surface area (Å²) in [5.74, 6) is 0.382. The van der Waals surface area contributed by atoms with Crippen LogP contribution in [-0.2, 0) is 6.42 Å². The van der Waals surface area contributed by atoms with E-state index in [0.29, 0.717) is 23.7 Å². The molecule has 2 aromatic carbocycles. The molecule has 0 saturated heterocycles. The number of hydrogen-bond donors (Lipinski definition) is 1. The SMILES string of the molecule is COc1ccc(F)cc1C(CN)Cc1ccc(Cl)cc1. The van der Waals surface area contributed by atoms with Gasteiger partial charge in [-0.3, -0.25) is 0 Å². The van der Waals surface area contributed by atoms with Gasteiger partial charge in [0.05, 0.1) is 7.11 Å². The van der Waals surface area contributed by atoms with Gasteiger partial charge in [-0.25, -0.2) is 4.39 Å². The number of hydrogen-bond acceptors (Lipinski definition) is 2. The number of benzene rings is 2. The lowest BCUT2D eigenvalue weighted by Crippen LogP contribution is -2.16. The molecule has 0 fully saturated rings. The summed E-state index contributed by atoms with van der Waals surface area (Å²) in [4.78, 5) is 0. The molecule has 0 amide bonds. The fourth-order valence-corrected chi connectivity index (χ4v) is 2.38. The van der Waals surface area contributed by atoms with E-state index in [1.807, 2.05) is 24.3 Å². The van der Waals surface area contributed by atoms with Gasteiger partial charge in [0, 0.05) is 16.5 Å². The smallest absolute Gasteiger partial charge is 0.123 e. The van der Waals surface area contributed by atoms with E-state index in [1.54, 1.807) is 13.2 Å². The van der Waals surface area contributed by atoms with Crippen molar-refractivity contribution in [2.45, 2.75) is 12.3 Å². The molecule has 4 heteroatoms. The van der Waals surface area contributed by atoms with Crippen molar-refractivity contribution < 1.29 is 9.13 Å². The fourth-order valence-electron chi connectivity index (χ4n) is 2.25. The van der Waals surface area contributed by atoms with Crippen LogP contribution in [0, 0.1) is 5.82 Å². The van der Waals surface area contributed by atoms with Crippen molar-refractivity contribution in [2.75, 3.05) is 13.7 Å². The maximum absolute atomic E-state index is 13.5. The molecule has 0 aliphatic rings. The molecule has 0 heterocycles. The van der Waals surface area contributed by atoms with E-state index in [4.69, 9.17) is 22.1 Å². The van der Waals surface area contributed by atoms with E-state index in [2.05, 4.69) is 0 Å². The maximum Gasteiger partial charge on any atom is 0.123 e. The van der Waals surface area contributed by atoms with Gasteiger partial charge in [0.15, 0.2) is 0 Å². The van der Waals surface area contributed by atoms with Gasteiger partial charge in [-0.1, -0.05) is 23.7 Å². The average molecular weight is 294 g/mol. The second-order valence-electron chi connectivity index (χ2n) is 4.65. The summed E-state index contributed by atoms with van der Waals surface area (Å²) in [7, 11) is 1.58. The first kappa shape index (κ1) is 14.8. The van der Waals surface area contributed by atoms with Gasteiger partial charge in [-0.2, -0.15) is 0 Å².